The number of carbonyl (C=O) groups is 3. The summed E-state index contributed by atoms with van der Waals surface area (Å²) in [5.74, 6) is -1.65. The Morgan fingerprint density at radius 2 is 1.62 bits per heavy atom. The molecule has 0 saturated carbocycles. The second-order valence-electron chi connectivity index (χ2n) is 9.35. The lowest BCUT2D eigenvalue weighted by Gasteiger charge is -2.14. The number of carbonyl (C=O) groups excluding carboxylic acids is 2. The van der Waals surface area contributed by atoms with Crippen LogP contribution in [0.25, 0.3) is 10.9 Å². The third-order valence-electron chi connectivity index (χ3n) is 6.45. The molecule has 2 amide bonds. The van der Waals surface area contributed by atoms with Crippen LogP contribution >= 0.6 is 23.4 Å². The molecule has 0 bridgehead atoms. The Morgan fingerprint density at radius 3 is 2.24 bits per heavy atom. The Morgan fingerprint density at radius 1 is 0.952 bits per heavy atom. The van der Waals surface area contributed by atoms with Gasteiger partial charge in [-0.25, -0.2) is 13.2 Å². The fraction of sp³-hybridized carbons (Fsp3) is 0.148. The van der Waals surface area contributed by atoms with Gasteiger partial charge in [0, 0.05) is 10.7 Å². The van der Waals surface area contributed by atoms with E-state index in [9.17, 15) is 37.5 Å². The molecule has 1 aliphatic rings. The zero-order valence-electron chi connectivity index (χ0n) is 21.4. The predicted octanol–water partition coefficient (Wildman–Crippen LogP) is 2.64. The van der Waals surface area contributed by atoms with Crippen LogP contribution in [-0.4, -0.2) is 45.0 Å². The van der Waals surface area contributed by atoms with E-state index in [0.29, 0.717) is 11.1 Å². The Balaban J connectivity index is 1.33. The van der Waals surface area contributed by atoms with Crippen molar-refractivity contribution in [1.82, 2.24) is 14.5 Å². The third-order valence-corrected chi connectivity index (χ3v) is 9.06. The van der Waals surface area contributed by atoms with Crippen molar-refractivity contribution in [2.75, 3.05) is 4.72 Å². The molecule has 0 aliphatic carbocycles. The van der Waals surface area contributed by atoms with Gasteiger partial charge in [-0.3, -0.25) is 38.4 Å². The van der Waals surface area contributed by atoms with Crippen molar-refractivity contribution in [1.29, 1.82) is 0 Å². The highest BCUT2D eigenvalue weighted by molar-refractivity contribution is 8.15. The molecule has 4 aromatic rings. The minimum atomic E-state index is -3.97. The third kappa shape index (κ3) is 6.10. The van der Waals surface area contributed by atoms with Crippen LogP contribution in [0.2, 0.25) is 5.02 Å². The van der Waals surface area contributed by atoms with E-state index < -0.39 is 44.3 Å². The molecule has 12 nitrogen and oxygen atoms in total. The molecule has 3 aromatic carbocycles. The molecule has 1 aromatic heterocycles. The first kappa shape index (κ1) is 29.1. The number of anilines is 1. The van der Waals surface area contributed by atoms with Crippen molar-refractivity contribution in [2.45, 2.75) is 29.7 Å². The number of imide groups is 1. The van der Waals surface area contributed by atoms with Crippen LogP contribution in [-0.2, 0) is 39.1 Å². The number of hydrogen-bond acceptors (Lipinski definition) is 8. The van der Waals surface area contributed by atoms with E-state index in [2.05, 4.69) is 10.0 Å². The normalized spacial score (nSPS) is 15.1. The van der Waals surface area contributed by atoms with Gasteiger partial charge in [0.1, 0.15) is 6.54 Å². The number of fused-ring (bicyclic) bond motifs is 1. The summed E-state index contributed by atoms with van der Waals surface area (Å²) < 4.78 is 30.2. The average Bonchev–Trinajstić information content (AvgIpc) is 3.25. The van der Waals surface area contributed by atoms with Crippen LogP contribution in [0.4, 0.5) is 10.5 Å². The zero-order valence-corrected chi connectivity index (χ0v) is 23.8. The Kier molecular flexibility index (Phi) is 7.95. The predicted molar refractivity (Wildman–Crippen MR) is 157 cm³/mol. The number of sulfonamides is 1. The van der Waals surface area contributed by atoms with Gasteiger partial charge < -0.3 is 5.11 Å². The number of rotatable bonds is 9. The van der Waals surface area contributed by atoms with E-state index in [1.807, 2.05) is 0 Å². The highest BCUT2D eigenvalue weighted by Crippen LogP contribution is 2.24. The second kappa shape index (κ2) is 11.5. The first-order valence-electron chi connectivity index (χ1n) is 12.3. The second-order valence-corrected chi connectivity index (χ2v) is 12.6. The van der Waals surface area contributed by atoms with Crippen LogP contribution in [0, 0.1) is 0 Å². The van der Waals surface area contributed by atoms with Crippen LogP contribution < -0.4 is 21.3 Å². The maximum Gasteiger partial charge on any atom is 0.332 e. The van der Waals surface area contributed by atoms with E-state index in [0.717, 1.165) is 20.9 Å². The van der Waals surface area contributed by atoms with Crippen molar-refractivity contribution in [3.05, 3.63) is 104 Å². The number of amides is 2. The molecule has 1 atom stereocenters. The minimum absolute atomic E-state index is 0.0169. The topological polar surface area (TPSA) is 174 Å². The van der Waals surface area contributed by atoms with Gasteiger partial charge in [0.05, 0.1) is 27.6 Å². The summed E-state index contributed by atoms with van der Waals surface area (Å²) in [7, 11) is -3.97. The monoisotopic (exact) mass is 628 g/mol. The molecule has 42 heavy (non-hydrogen) atoms. The smallest absolute Gasteiger partial charge is 0.332 e. The standard InChI is InChI=1S/C27H21ClN4O8S2/c28-17-5-10-20-21(12-17)31(14-23(33)34)27(38)32(25(20)36)13-16-1-6-18(7-2-16)30-42(39,40)19-8-3-15(4-9-19)11-22-24(35)29-26(37)41-22/h1-10,12,22,30H,11,13-14H2,(H,33,34)(H,29,35,37). The maximum absolute atomic E-state index is 13.1. The van der Waals surface area contributed by atoms with E-state index in [-0.39, 0.29) is 45.4 Å². The van der Waals surface area contributed by atoms with Crippen molar-refractivity contribution < 1.29 is 27.9 Å². The molecule has 2 heterocycles. The van der Waals surface area contributed by atoms with Gasteiger partial charge in [-0.1, -0.05) is 47.6 Å². The lowest BCUT2D eigenvalue weighted by Crippen LogP contribution is -2.41. The number of nitrogens with zero attached hydrogens (tertiary/aromatic N) is 2. The van der Waals surface area contributed by atoms with E-state index in [1.165, 1.54) is 54.6 Å². The molecular weight excluding hydrogens is 608 g/mol. The quantitative estimate of drug-likeness (QED) is 0.252. The van der Waals surface area contributed by atoms with Gasteiger partial charge >= 0.3 is 11.7 Å². The summed E-state index contributed by atoms with van der Waals surface area (Å²) in [5.41, 5.74) is 0.0552. The molecular formula is C27H21ClN4O8S2. The van der Waals surface area contributed by atoms with Gasteiger partial charge in [0.15, 0.2) is 0 Å². The highest BCUT2D eigenvalue weighted by Gasteiger charge is 2.31. The molecule has 5 rings (SSSR count). The summed E-state index contributed by atoms with van der Waals surface area (Å²) in [6, 6.07) is 16.2. The van der Waals surface area contributed by atoms with Crippen molar-refractivity contribution in [3.8, 4) is 0 Å². The number of aliphatic carboxylic acids is 1. The molecule has 0 spiro atoms. The number of carboxylic acid groups (broad SMARTS) is 1. The van der Waals surface area contributed by atoms with Crippen molar-refractivity contribution in [3.63, 3.8) is 0 Å². The number of halogens is 1. The SMILES string of the molecule is O=C(O)Cn1c(=O)n(Cc2ccc(NS(=O)(=O)c3ccc(CC4SC(=O)NC4=O)cc3)cc2)c(=O)c2ccc(Cl)cc21. The lowest BCUT2D eigenvalue weighted by atomic mass is 10.1. The number of benzene rings is 3. The van der Waals surface area contributed by atoms with Gasteiger partial charge in [-0.05, 0) is 60.0 Å². The van der Waals surface area contributed by atoms with E-state index >= 15 is 0 Å². The number of thioether (sulfide) groups is 1. The number of nitrogens with one attached hydrogen (secondary N) is 2. The number of hydrogen-bond donors (Lipinski definition) is 3. The lowest BCUT2D eigenvalue weighted by molar-refractivity contribution is -0.137. The molecule has 1 unspecified atom stereocenters. The number of carboxylic acids is 1. The van der Waals surface area contributed by atoms with Gasteiger partial charge in [0.25, 0.3) is 20.8 Å². The maximum atomic E-state index is 13.1. The van der Waals surface area contributed by atoms with E-state index in [4.69, 9.17) is 11.6 Å². The van der Waals surface area contributed by atoms with Gasteiger partial charge in [-0.15, -0.1) is 0 Å². The Labute approximate surface area is 247 Å². The summed E-state index contributed by atoms with van der Waals surface area (Å²) in [6.07, 6.45) is 0.271. The van der Waals surface area contributed by atoms with Crippen LogP contribution in [0.15, 0.2) is 81.2 Å². The fourth-order valence-electron chi connectivity index (χ4n) is 4.44. The fourth-order valence-corrected chi connectivity index (χ4v) is 6.52. The first-order valence-corrected chi connectivity index (χ1v) is 15.0. The summed E-state index contributed by atoms with van der Waals surface area (Å²) in [6.45, 7) is -0.862. The van der Waals surface area contributed by atoms with E-state index in [1.54, 1.807) is 12.1 Å². The zero-order chi connectivity index (χ0) is 30.2. The van der Waals surface area contributed by atoms with Crippen LogP contribution in [0.1, 0.15) is 11.1 Å². The summed E-state index contributed by atoms with van der Waals surface area (Å²) in [4.78, 5) is 60.7. The first-order chi connectivity index (χ1) is 19.9. The van der Waals surface area contributed by atoms with Crippen LogP contribution in [0.5, 0.6) is 0 Å². The molecule has 216 valence electrons. The van der Waals surface area contributed by atoms with Crippen LogP contribution in [0.3, 0.4) is 0 Å². The molecule has 1 aliphatic heterocycles. The molecule has 0 radical (unpaired) electrons. The Bertz CT molecular complexity index is 1970. The van der Waals surface area contributed by atoms with Gasteiger partial charge in [-0.2, -0.15) is 0 Å². The largest absolute Gasteiger partial charge is 0.480 e. The van der Waals surface area contributed by atoms with Gasteiger partial charge in [0.2, 0.25) is 5.91 Å². The molecule has 1 fully saturated rings. The van der Waals surface area contributed by atoms with Crippen molar-refractivity contribution >= 4 is 67.1 Å². The Hall–Kier alpha value is -4.40. The highest BCUT2D eigenvalue weighted by atomic mass is 35.5. The van der Waals surface area contributed by atoms with Crippen molar-refractivity contribution in [2.24, 2.45) is 0 Å². The molecule has 15 heteroatoms. The average molecular weight is 629 g/mol. The summed E-state index contributed by atoms with van der Waals surface area (Å²) >= 11 is 6.89. The molecule has 3 N–H and O–H groups in total. The molecule has 1 saturated heterocycles. The summed E-state index contributed by atoms with van der Waals surface area (Å²) in [5, 5.41) is 10.9. The number of aromatic nitrogens is 2. The minimum Gasteiger partial charge on any atom is -0.480 e.